The van der Waals surface area contributed by atoms with Crippen LogP contribution in [0.25, 0.3) is 5.57 Å². The van der Waals surface area contributed by atoms with Gasteiger partial charge in [-0.05, 0) is 36.1 Å². The van der Waals surface area contributed by atoms with E-state index in [9.17, 15) is 9.18 Å². The first-order valence-corrected chi connectivity index (χ1v) is 9.16. The van der Waals surface area contributed by atoms with Gasteiger partial charge in [-0.1, -0.05) is 48.5 Å². The molecule has 0 aliphatic carbocycles. The largest absolute Gasteiger partial charge is 0.445 e. The van der Waals surface area contributed by atoms with Crippen molar-refractivity contribution >= 4 is 11.7 Å². The summed E-state index contributed by atoms with van der Waals surface area (Å²) >= 11 is 0. The van der Waals surface area contributed by atoms with E-state index < -0.39 is 0 Å². The maximum absolute atomic E-state index is 14.4. The van der Waals surface area contributed by atoms with Crippen LogP contribution in [0, 0.1) is 12.7 Å². The molecule has 4 rings (SSSR count). The number of nitrogens with zero attached hydrogens (tertiary/aromatic N) is 1. The quantitative estimate of drug-likeness (QED) is 0.811. The smallest absolute Gasteiger partial charge is 0.411 e. The van der Waals surface area contributed by atoms with E-state index in [0.717, 1.165) is 16.7 Å². The Morgan fingerprint density at radius 1 is 1.22 bits per heavy atom. The Morgan fingerprint density at radius 2 is 2.04 bits per heavy atom. The summed E-state index contributed by atoms with van der Waals surface area (Å²) < 4.78 is 25.5. The zero-order valence-electron chi connectivity index (χ0n) is 15.2. The number of hydrogen-bond acceptors (Lipinski definition) is 3. The van der Waals surface area contributed by atoms with Crippen LogP contribution in [-0.2, 0) is 16.1 Å². The number of aryl methyl sites for hydroxylation is 1. The van der Waals surface area contributed by atoms with Gasteiger partial charge in [0.05, 0.1) is 25.3 Å². The fourth-order valence-corrected chi connectivity index (χ4v) is 3.75. The van der Waals surface area contributed by atoms with Gasteiger partial charge < -0.3 is 9.47 Å². The van der Waals surface area contributed by atoms with Crippen LogP contribution >= 0.6 is 0 Å². The number of hydrogen-bond donors (Lipinski definition) is 0. The first-order valence-electron chi connectivity index (χ1n) is 9.16. The molecule has 0 saturated carbocycles. The third kappa shape index (κ3) is 3.74. The molecule has 2 aromatic carbocycles. The molecular formula is C22H22FNO3. The van der Waals surface area contributed by atoms with Crippen LogP contribution in [0.1, 0.15) is 23.1 Å². The molecule has 140 valence electrons. The Bertz CT molecular complexity index is 865. The predicted molar refractivity (Wildman–Crippen MR) is 101 cm³/mol. The molecule has 2 aromatic rings. The Balaban J connectivity index is 1.52. The number of carbonyl (C=O) groups is 1. The Labute approximate surface area is 158 Å². The molecule has 0 N–H and O–H groups in total. The number of morpholine rings is 1. The third-order valence-corrected chi connectivity index (χ3v) is 5.09. The molecule has 0 radical (unpaired) electrons. The van der Waals surface area contributed by atoms with Crippen molar-refractivity contribution in [2.24, 2.45) is 0 Å². The summed E-state index contributed by atoms with van der Waals surface area (Å²) in [4.78, 5) is 14.4. The first kappa shape index (κ1) is 17.7. The maximum atomic E-state index is 14.4. The molecule has 1 fully saturated rings. The molecule has 2 heterocycles. The number of carbonyl (C=O) groups excluding carboxylic acids is 1. The summed E-state index contributed by atoms with van der Waals surface area (Å²) in [5.41, 5.74) is 3.37. The van der Waals surface area contributed by atoms with Crippen LogP contribution in [0.4, 0.5) is 9.18 Å². The van der Waals surface area contributed by atoms with Gasteiger partial charge in [0.1, 0.15) is 12.4 Å². The van der Waals surface area contributed by atoms with E-state index >= 15 is 0 Å². The van der Waals surface area contributed by atoms with Gasteiger partial charge in [-0.3, -0.25) is 4.90 Å². The van der Waals surface area contributed by atoms with Crippen molar-refractivity contribution in [3.05, 3.63) is 77.1 Å². The highest BCUT2D eigenvalue weighted by Gasteiger charge is 2.39. The molecule has 1 saturated heterocycles. The molecule has 2 atom stereocenters. The van der Waals surface area contributed by atoms with Crippen molar-refractivity contribution in [2.75, 3.05) is 13.2 Å². The fourth-order valence-electron chi connectivity index (χ4n) is 3.75. The second kappa shape index (κ2) is 7.53. The standard InChI is InChI=1S/C22H22FNO3/c1-15-7-8-20(21(23)9-15)17-10-18-13-26-14-19(11-17)24(18)22(25)27-12-16-5-3-2-4-6-16/h2-10,18-19H,11-14H2,1H3. The van der Waals surface area contributed by atoms with Crippen molar-refractivity contribution < 1.29 is 18.7 Å². The summed E-state index contributed by atoms with van der Waals surface area (Å²) in [6, 6.07) is 14.5. The van der Waals surface area contributed by atoms with Crippen molar-refractivity contribution in [3.8, 4) is 0 Å². The summed E-state index contributed by atoms with van der Waals surface area (Å²) in [6.07, 6.45) is 2.14. The van der Waals surface area contributed by atoms with Crippen molar-refractivity contribution in [2.45, 2.75) is 32.0 Å². The van der Waals surface area contributed by atoms with Crippen LogP contribution in [0.5, 0.6) is 0 Å². The summed E-state index contributed by atoms with van der Waals surface area (Å²) in [7, 11) is 0. The van der Waals surface area contributed by atoms with Gasteiger partial charge >= 0.3 is 6.09 Å². The van der Waals surface area contributed by atoms with E-state index in [1.165, 1.54) is 0 Å². The number of ether oxygens (including phenoxy) is 2. The highest BCUT2D eigenvalue weighted by molar-refractivity contribution is 5.74. The maximum Gasteiger partial charge on any atom is 0.411 e. The molecule has 2 aliphatic rings. The van der Waals surface area contributed by atoms with Gasteiger partial charge in [-0.25, -0.2) is 9.18 Å². The van der Waals surface area contributed by atoms with Gasteiger partial charge in [-0.15, -0.1) is 0 Å². The van der Waals surface area contributed by atoms with Gasteiger partial charge in [0, 0.05) is 5.56 Å². The lowest BCUT2D eigenvalue weighted by Gasteiger charge is -2.43. The van der Waals surface area contributed by atoms with Crippen molar-refractivity contribution in [1.29, 1.82) is 0 Å². The van der Waals surface area contributed by atoms with E-state index in [2.05, 4.69) is 0 Å². The average Bonchev–Trinajstić information content (AvgIpc) is 2.66. The van der Waals surface area contributed by atoms with Crippen LogP contribution in [0.15, 0.2) is 54.6 Å². The molecule has 0 spiro atoms. The molecular weight excluding hydrogens is 345 g/mol. The summed E-state index contributed by atoms with van der Waals surface area (Å²) in [5, 5.41) is 0. The highest BCUT2D eigenvalue weighted by atomic mass is 19.1. The van der Waals surface area contributed by atoms with Gasteiger partial charge in [-0.2, -0.15) is 0 Å². The SMILES string of the molecule is Cc1ccc(C2=CC3COCC(C2)N3C(=O)OCc2ccccc2)c(F)c1. The lowest BCUT2D eigenvalue weighted by atomic mass is 9.89. The Morgan fingerprint density at radius 3 is 2.78 bits per heavy atom. The third-order valence-electron chi connectivity index (χ3n) is 5.09. The second-order valence-corrected chi connectivity index (χ2v) is 7.09. The molecule has 0 aromatic heterocycles. The monoisotopic (exact) mass is 367 g/mol. The first-order chi connectivity index (χ1) is 13.1. The minimum absolute atomic E-state index is 0.146. The minimum Gasteiger partial charge on any atom is -0.445 e. The van der Waals surface area contributed by atoms with E-state index in [1.54, 1.807) is 11.0 Å². The number of amides is 1. The molecule has 27 heavy (non-hydrogen) atoms. The van der Waals surface area contributed by atoms with Crippen molar-refractivity contribution in [1.82, 2.24) is 4.90 Å². The zero-order chi connectivity index (χ0) is 18.8. The minimum atomic E-state index is -0.350. The molecule has 2 aliphatic heterocycles. The summed E-state index contributed by atoms with van der Waals surface area (Å²) in [6.45, 7) is 2.93. The Hall–Kier alpha value is -2.66. The highest BCUT2D eigenvalue weighted by Crippen LogP contribution is 2.34. The molecule has 4 nitrogen and oxygen atoms in total. The lowest BCUT2D eigenvalue weighted by Crippen LogP contribution is -2.56. The normalized spacial score (nSPS) is 21.6. The molecule has 2 unspecified atom stereocenters. The van der Waals surface area contributed by atoms with Crippen LogP contribution in [0.2, 0.25) is 0 Å². The van der Waals surface area contributed by atoms with Gasteiger partial charge in [0.2, 0.25) is 0 Å². The van der Waals surface area contributed by atoms with E-state index in [4.69, 9.17) is 9.47 Å². The molecule has 1 amide bonds. The number of rotatable bonds is 3. The van der Waals surface area contributed by atoms with Crippen LogP contribution < -0.4 is 0 Å². The van der Waals surface area contributed by atoms with Crippen LogP contribution in [-0.4, -0.2) is 36.3 Å². The second-order valence-electron chi connectivity index (χ2n) is 7.09. The van der Waals surface area contributed by atoms with E-state index in [1.807, 2.05) is 55.5 Å². The number of benzene rings is 2. The average molecular weight is 367 g/mol. The predicted octanol–water partition coefficient (Wildman–Crippen LogP) is 4.33. The van der Waals surface area contributed by atoms with E-state index in [-0.39, 0.29) is 30.6 Å². The Kier molecular flexibility index (Phi) is 4.94. The zero-order valence-corrected chi connectivity index (χ0v) is 15.2. The lowest BCUT2D eigenvalue weighted by molar-refractivity contribution is -0.0342. The molecule has 5 heteroatoms. The van der Waals surface area contributed by atoms with Gasteiger partial charge in [0.25, 0.3) is 0 Å². The fraction of sp³-hybridized carbons (Fsp3) is 0.318. The number of halogens is 1. The van der Waals surface area contributed by atoms with Gasteiger partial charge in [0.15, 0.2) is 0 Å². The van der Waals surface area contributed by atoms with E-state index in [0.29, 0.717) is 25.2 Å². The molecule has 2 bridgehead atoms. The summed E-state index contributed by atoms with van der Waals surface area (Å²) in [5.74, 6) is -0.222. The topological polar surface area (TPSA) is 38.8 Å². The number of fused-ring (bicyclic) bond motifs is 2. The van der Waals surface area contributed by atoms with Crippen molar-refractivity contribution in [3.63, 3.8) is 0 Å². The van der Waals surface area contributed by atoms with Crippen LogP contribution in [0.3, 0.4) is 0 Å².